The van der Waals surface area contributed by atoms with Gasteiger partial charge in [-0.05, 0) is 60.0 Å². The second kappa shape index (κ2) is 8.60. The Morgan fingerprint density at radius 2 is 1.05 bits per heavy atom. The van der Waals surface area contributed by atoms with Crippen molar-refractivity contribution in [3.05, 3.63) is 138 Å². The lowest BCUT2D eigenvalue weighted by Gasteiger charge is -2.09. The van der Waals surface area contributed by atoms with Gasteiger partial charge in [-0.1, -0.05) is 66.7 Å². The maximum Gasteiger partial charge on any atom is 0.188 e. The number of aromatic nitrogens is 2. The van der Waals surface area contributed by atoms with Crippen LogP contribution in [0.2, 0.25) is 0 Å². The van der Waals surface area contributed by atoms with Gasteiger partial charge in [-0.25, -0.2) is 4.85 Å². The first kappa shape index (κ1) is 23.4. The van der Waals surface area contributed by atoms with Crippen LogP contribution in [-0.2, 0) is 0 Å². The van der Waals surface area contributed by atoms with E-state index in [9.17, 15) is 5.26 Å². The smallest absolute Gasteiger partial charge is 0.188 e. The molecule has 0 unspecified atom stereocenters. The van der Waals surface area contributed by atoms with E-state index in [0.29, 0.717) is 11.3 Å². The van der Waals surface area contributed by atoms with Crippen molar-refractivity contribution in [2.45, 2.75) is 0 Å². The standard InChI is InChI=1S/C38H20N4O/c1-40-24-17-19-34-30(21-24)26-9-3-5-13-32(26)42(34)36-15-7-11-28-27-10-6-14-35(37(27)43-38(28)36)41-31-12-4-2-8-25(31)29-20-23(22-39)16-18-33(29)41/h2-21H. The Bertz CT molecular complexity index is 2520. The first-order valence-corrected chi connectivity index (χ1v) is 14.0. The lowest BCUT2D eigenvalue weighted by molar-refractivity contribution is 0.664. The van der Waals surface area contributed by atoms with E-state index < -0.39 is 0 Å². The Kier molecular flexibility index (Phi) is 4.68. The van der Waals surface area contributed by atoms with Gasteiger partial charge in [0.2, 0.25) is 0 Å². The molecule has 0 bridgehead atoms. The number of hydrogen-bond acceptors (Lipinski definition) is 2. The van der Waals surface area contributed by atoms with E-state index in [1.165, 1.54) is 0 Å². The molecule has 3 aromatic heterocycles. The zero-order chi connectivity index (χ0) is 28.7. The van der Waals surface area contributed by atoms with E-state index in [0.717, 1.165) is 76.9 Å². The number of nitrogens with zero attached hydrogens (tertiary/aromatic N) is 4. The predicted octanol–water partition coefficient (Wildman–Crippen LogP) is 10.2. The third-order valence-corrected chi connectivity index (χ3v) is 8.55. The summed E-state index contributed by atoms with van der Waals surface area (Å²) in [5.41, 5.74) is 8.90. The van der Waals surface area contributed by atoms with Crippen molar-refractivity contribution < 1.29 is 4.42 Å². The molecule has 5 nitrogen and oxygen atoms in total. The Balaban J connectivity index is 1.39. The Hall–Kier alpha value is -6.30. The van der Waals surface area contributed by atoms with Crippen molar-refractivity contribution in [1.82, 2.24) is 9.13 Å². The zero-order valence-electron chi connectivity index (χ0n) is 22.7. The van der Waals surface area contributed by atoms with Gasteiger partial charge in [0.15, 0.2) is 16.9 Å². The van der Waals surface area contributed by atoms with Crippen molar-refractivity contribution in [3.63, 3.8) is 0 Å². The number of para-hydroxylation sites is 4. The van der Waals surface area contributed by atoms with Gasteiger partial charge in [-0.2, -0.15) is 5.26 Å². The molecule has 0 aliphatic rings. The van der Waals surface area contributed by atoms with Crippen molar-refractivity contribution in [3.8, 4) is 17.4 Å². The molecule has 9 rings (SSSR count). The maximum atomic E-state index is 9.59. The molecule has 198 valence electrons. The molecule has 0 amide bonds. The third kappa shape index (κ3) is 3.14. The summed E-state index contributed by atoms with van der Waals surface area (Å²) in [6.45, 7) is 7.55. The summed E-state index contributed by atoms with van der Waals surface area (Å²) in [5, 5.41) is 15.9. The van der Waals surface area contributed by atoms with Crippen LogP contribution in [0.15, 0.2) is 126 Å². The van der Waals surface area contributed by atoms with E-state index >= 15 is 0 Å². The molecule has 0 radical (unpaired) electrons. The number of furan rings is 1. The van der Waals surface area contributed by atoms with Gasteiger partial charge in [0.1, 0.15) is 0 Å². The van der Waals surface area contributed by atoms with Crippen LogP contribution in [0, 0.1) is 17.9 Å². The van der Waals surface area contributed by atoms with Crippen molar-refractivity contribution >= 4 is 71.2 Å². The van der Waals surface area contributed by atoms with Crippen LogP contribution in [0.25, 0.3) is 81.8 Å². The van der Waals surface area contributed by atoms with Gasteiger partial charge >= 0.3 is 0 Å². The van der Waals surface area contributed by atoms with Crippen LogP contribution >= 0.6 is 0 Å². The van der Waals surface area contributed by atoms with E-state index in [1.54, 1.807) is 0 Å². The minimum absolute atomic E-state index is 0.620. The Morgan fingerprint density at radius 1 is 0.535 bits per heavy atom. The fourth-order valence-corrected chi connectivity index (χ4v) is 6.73. The fraction of sp³-hybridized carbons (Fsp3) is 0. The van der Waals surface area contributed by atoms with Gasteiger partial charge in [0.05, 0.1) is 51.6 Å². The predicted molar refractivity (Wildman–Crippen MR) is 173 cm³/mol. The largest absolute Gasteiger partial charge is 0.452 e. The van der Waals surface area contributed by atoms with E-state index in [1.807, 2.05) is 60.7 Å². The van der Waals surface area contributed by atoms with Crippen LogP contribution in [0.1, 0.15) is 5.56 Å². The second-order valence-electron chi connectivity index (χ2n) is 10.8. The van der Waals surface area contributed by atoms with Crippen LogP contribution in [0.5, 0.6) is 0 Å². The van der Waals surface area contributed by atoms with Gasteiger partial charge in [0, 0.05) is 26.9 Å². The first-order chi connectivity index (χ1) is 21.2. The summed E-state index contributed by atoms with van der Waals surface area (Å²) in [5.74, 6) is 0. The lowest BCUT2D eigenvalue weighted by atomic mass is 10.1. The van der Waals surface area contributed by atoms with Crippen molar-refractivity contribution in [1.29, 1.82) is 5.26 Å². The van der Waals surface area contributed by atoms with Gasteiger partial charge < -0.3 is 13.6 Å². The molecule has 43 heavy (non-hydrogen) atoms. The van der Waals surface area contributed by atoms with Crippen LogP contribution < -0.4 is 0 Å². The highest BCUT2D eigenvalue weighted by molar-refractivity contribution is 6.15. The number of nitriles is 1. The highest BCUT2D eigenvalue weighted by Crippen LogP contribution is 2.42. The molecule has 6 aromatic carbocycles. The van der Waals surface area contributed by atoms with Crippen LogP contribution in [0.3, 0.4) is 0 Å². The molecular weight excluding hydrogens is 528 g/mol. The molecule has 0 saturated heterocycles. The first-order valence-electron chi connectivity index (χ1n) is 14.0. The molecule has 0 fully saturated rings. The molecule has 5 heteroatoms. The van der Waals surface area contributed by atoms with Crippen molar-refractivity contribution in [2.75, 3.05) is 0 Å². The molecule has 0 spiro atoms. The fourth-order valence-electron chi connectivity index (χ4n) is 6.73. The molecule has 0 N–H and O–H groups in total. The number of rotatable bonds is 2. The minimum atomic E-state index is 0.620. The SMILES string of the molecule is [C-]#[N+]c1ccc2c(c1)c1ccccc1n2-c1cccc2c1oc1c(-n3c4ccccc4c4cc(C#N)ccc43)cccc12. The lowest BCUT2D eigenvalue weighted by Crippen LogP contribution is -1.94. The number of benzene rings is 6. The topological polar surface area (TPSA) is 51.1 Å². The molecule has 0 saturated carbocycles. The minimum Gasteiger partial charge on any atom is -0.452 e. The average molecular weight is 549 g/mol. The Labute approximate surface area is 245 Å². The number of hydrogen-bond donors (Lipinski definition) is 0. The second-order valence-corrected chi connectivity index (χ2v) is 10.8. The van der Waals surface area contributed by atoms with E-state index in [4.69, 9.17) is 11.0 Å². The monoisotopic (exact) mass is 548 g/mol. The Morgan fingerprint density at radius 3 is 1.63 bits per heavy atom. The molecule has 9 aromatic rings. The molecule has 0 atom stereocenters. The van der Waals surface area contributed by atoms with Crippen LogP contribution in [0.4, 0.5) is 5.69 Å². The van der Waals surface area contributed by atoms with Gasteiger partial charge in [-0.3, -0.25) is 0 Å². The summed E-state index contributed by atoms with van der Waals surface area (Å²) in [6.07, 6.45) is 0. The van der Waals surface area contributed by atoms with E-state index in [-0.39, 0.29) is 0 Å². The van der Waals surface area contributed by atoms with Crippen LogP contribution in [-0.4, -0.2) is 9.13 Å². The maximum absolute atomic E-state index is 9.59. The van der Waals surface area contributed by atoms with Gasteiger partial charge in [0.25, 0.3) is 0 Å². The average Bonchev–Trinajstić information content (AvgIpc) is 3.72. The summed E-state index contributed by atoms with van der Waals surface area (Å²) in [7, 11) is 0. The zero-order valence-corrected chi connectivity index (χ0v) is 22.7. The quantitative estimate of drug-likeness (QED) is 0.202. The molecule has 3 heterocycles. The normalized spacial score (nSPS) is 11.7. The van der Waals surface area contributed by atoms with Gasteiger partial charge in [-0.15, -0.1) is 0 Å². The highest BCUT2D eigenvalue weighted by atomic mass is 16.3. The molecule has 0 aliphatic carbocycles. The molecule has 0 aliphatic heterocycles. The third-order valence-electron chi connectivity index (χ3n) is 8.55. The summed E-state index contributed by atoms with van der Waals surface area (Å²) >= 11 is 0. The summed E-state index contributed by atoms with van der Waals surface area (Å²) in [4.78, 5) is 3.68. The van der Waals surface area contributed by atoms with Crippen molar-refractivity contribution in [2.24, 2.45) is 0 Å². The molecular formula is C38H20N4O. The highest BCUT2D eigenvalue weighted by Gasteiger charge is 2.21. The van der Waals surface area contributed by atoms with E-state index in [2.05, 4.69) is 80.7 Å². The summed E-state index contributed by atoms with van der Waals surface area (Å²) < 4.78 is 11.4. The number of fused-ring (bicyclic) bond motifs is 9. The summed E-state index contributed by atoms with van der Waals surface area (Å²) in [6, 6.07) is 43.2.